The van der Waals surface area contributed by atoms with Crippen molar-refractivity contribution in [1.82, 2.24) is 0 Å². The van der Waals surface area contributed by atoms with Crippen molar-refractivity contribution in [3.63, 3.8) is 0 Å². The van der Waals surface area contributed by atoms with Crippen molar-refractivity contribution in [2.24, 2.45) is 0 Å². The summed E-state index contributed by atoms with van der Waals surface area (Å²) in [5, 5.41) is 10.2. The van der Waals surface area contributed by atoms with Gasteiger partial charge >= 0.3 is 0 Å². The van der Waals surface area contributed by atoms with Crippen LogP contribution >= 0.6 is 0 Å². The van der Waals surface area contributed by atoms with E-state index in [2.05, 4.69) is 6.58 Å². The second-order valence-electron chi connectivity index (χ2n) is 4.97. The van der Waals surface area contributed by atoms with Gasteiger partial charge in [0.1, 0.15) is 11.7 Å². The average Bonchev–Trinajstić information content (AvgIpc) is 2.48. The van der Waals surface area contributed by atoms with Crippen LogP contribution in [0.15, 0.2) is 43.0 Å². The van der Waals surface area contributed by atoms with E-state index in [9.17, 15) is 5.11 Å². The molecule has 3 rings (SSSR count). The van der Waals surface area contributed by atoms with Gasteiger partial charge in [0.15, 0.2) is 6.29 Å². The predicted octanol–water partition coefficient (Wildman–Crippen LogP) is 1.81. The number of rotatable bonds is 2. The van der Waals surface area contributed by atoms with Crippen molar-refractivity contribution in [2.75, 3.05) is 13.2 Å². The number of hydrogen-bond donors (Lipinski definition) is 1. The maximum atomic E-state index is 10.2. The standard InChI is InChI=1S/C15H18O4/c1-2-15-10-17-14(11-6-4-3-5-7-11)19-13(15)12(16)8-9-18-15/h2-7,12-14,16H,1,8-10H2. The maximum Gasteiger partial charge on any atom is 0.184 e. The zero-order chi connectivity index (χ0) is 13.3. The topological polar surface area (TPSA) is 47.9 Å². The molecule has 0 spiro atoms. The Hall–Kier alpha value is -1.20. The Morgan fingerprint density at radius 3 is 2.84 bits per heavy atom. The molecule has 0 radical (unpaired) electrons. The van der Waals surface area contributed by atoms with Crippen LogP contribution in [0.4, 0.5) is 0 Å². The van der Waals surface area contributed by atoms with Gasteiger partial charge in [-0.05, 0) is 6.42 Å². The molecular formula is C15H18O4. The van der Waals surface area contributed by atoms with Gasteiger partial charge in [0.05, 0.1) is 19.3 Å². The maximum absolute atomic E-state index is 10.2. The molecular weight excluding hydrogens is 244 g/mol. The van der Waals surface area contributed by atoms with Crippen molar-refractivity contribution in [3.05, 3.63) is 48.6 Å². The van der Waals surface area contributed by atoms with Crippen LogP contribution in [0.5, 0.6) is 0 Å². The summed E-state index contributed by atoms with van der Waals surface area (Å²) in [5.41, 5.74) is 0.209. The van der Waals surface area contributed by atoms with Gasteiger partial charge in [-0.25, -0.2) is 0 Å². The van der Waals surface area contributed by atoms with Gasteiger partial charge < -0.3 is 19.3 Å². The Kier molecular flexibility index (Phi) is 3.41. The summed E-state index contributed by atoms with van der Waals surface area (Å²) < 4.78 is 17.4. The molecule has 0 amide bonds. The zero-order valence-electron chi connectivity index (χ0n) is 10.7. The molecule has 2 aliphatic heterocycles. The minimum Gasteiger partial charge on any atom is -0.390 e. The molecule has 1 N–H and O–H groups in total. The fourth-order valence-corrected chi connectivity index (χ4v) is 2.66. The van der Waals surface area contributed by atoms with E-state index >= 15 is 0 Å². The van der Waals surface area contributed by atoms with Crippen LogP contribution in [0.1, 0.15) is 18.3 Å². The largest absolute Gasteiger partial charge is 0.390 e. The SMILES string of the molecule is C=CC12COC(c3ccccc3)OC1C(O)CCO2. The number of ether oxygens (including phenoxy) is 3. The molecule has 0 aromatic heterocycles. The summed E-state index contributed by atoms with van der Waals surface area (Å²) in [6.07, 6.45) is 0.804. The molecule has 4 nitrogen and oxygen atoms in total. The third kappa shape index (κ3) is 2.21. The predicted molar refractivity (Wildman–Crippen MR) is 69.5 cm³/mol. The van der Waals surface area contributed by atoms with E-state index in [0.717, 1.165) is 5.56 Å². The van der Waals surface area contributed by atoms with E-state index in [1.54, 1.807) is 6.08 Å². The van der Waals surface area contributed by atoms with Crippen LogP contribution < -0.4 is 0 Å². The molecule has 4 heteroatoms. The van der Waals surface area contributed by atoms with Gasteiger partial charge in [0.25, 0.3) is 0 Å². The summed E-state index contributed by atoms with van der Waals surface area (Å²) in [5.74, 6) is 0. The first kappa shape index (κ1) is 12.8. The molecule has 2 saturated heterocycles. The highest BCUT2D eigenvalue weighted by Gasteiger charge is 2.50. The normalized spacial score (nSPS) is 38.5. The molecule has 102 valence electrons. The first-order chi connectivity index (χ1) is 9.25. The summed E-state index contributed by atoms with van der Waals surface area (Å²) >= 11 is 0. The minimum atomic E-state index is -0.733. The molecule has 1 aromatic carbocycles. The highest BCUT2D eigenvalue weighted by atomic mass is 16.7. The highest BCUT2D eigenvalue weighted by Crippen LogP contribution is 2.39. The lowest BCUT2D eigenvalue weighted by molar-refractivity contribution is -0.323. The van der Waals surface area contributed by atoms with Crippen LogP contribution in [0.3, 0.4) is 0 Å². The molecule has 2 fully saturated rings. The molecule has 1 aromatic rings. The van der Waals surface area contributed by atoms with E-state index in [-0.39, 0.29) is 0 Å². The smallest absolute Gasteiger partial charge is 0.184 e. The Morgan fingerprint density at radius 1 is 1.32 bits per heavy atom. The van der Waals surface area contributed by atoms with Crippen LogP contribution in [0.25, 0.3) is 0 Å². The summed E-state index contributed by atoms with van der Waals surface area (Å²) in [6.45, 7) is 4.63. The Bertz CT molecular complexity index is 447. The van der Waals surface area contributed by atoms with Crippen molar-refractivity contribution in [3.8, 4) is 0 Å². The van der Waals surface area contributed by atoms with Gasteiger partial charge in [0, 0.05) is 5.56 Å². The lowest BCUT2D eigenvalue weighted by Gasteiger charge is -2.48. The van der Waals surface area contributed by atoms with Crippen LogP contribution in [-0.4, -0.2) is 36.1 Å². The first-order valence-corrected chi connectivity index (χ1v) is 6.53. The van der Waals surface area contributed by atoms with Crippen molar-refractivity contribution >= 4 is 0 Å². The van der Waals surface area contributed by atoms with E-state index in [1.807, 2.05) is 30.3 Å². The summed E-state index contributed by atoms with van der Waals surface area (Å²) in [6, 6.07) is 9.71. The highest BCUT2D eigenvalue weighted by molar-refractivity contribution is 5.18. The van der Waals surface area contributed by atoms with Gasteiger partial charge in [-0.2, -0.15) is 0 Å². The number of aliphatic hydroxyl groups excluding tert-OH is 1. The Labute approximate surface area is 112 Å². The quantitative estimate of drug-likeness (QED) is 0.826. The van der Waals surface area contributed by atoms with Gasteiger partial charge in [-0.3, -0.25) is 0 Å². The van der Waals surface area contributed by atoms with Crippen molar-refractivity contribution in [2.45, 2.75) is 30.5 Å². The average molecular weight is 262 g/mol. The van der Waals surface area contributed by atoms with Crippen LogP contribution in [0.2, 0.25) is 0 Å². The van der Waals surface area contributed by atoms with Crippen LogP contribution in [0, 0.1) is 0 Å². The number of aliphatic hydroxyl groups is 1. The molecule has 0 bridgehead atoms. The molecule has 0 aliphatic carbocycles. The van der Waals surface area contributed by atoms with Crippen LogP contribution in [-0.2, 0) is 14.2 Å². The Morgan fingerprint density at radius 2 is 2.11 bits per heavy atom. The van der Waals surface area contributed by atoms with Gasteiger partial charge in [0.2, 0.25) is 0 Å². The Balaban J connectivity index is 1.83. The molecule has 2 aliphatic rings. The van der Waals surface area contributed by atoms with Crippen molar-refractivity contribution < 1.29 is 19.3 Å². The first-order valence-electron chi connectivity index (χ1n) is 6.53. The fourth-order valence-electron chi connectivity index (χ4n) is 2.66. The molecule has 2 heterocycles. The molecule has 0 saturated carbocycles. The number of hydrogen-bond acceptors (Lipinski definition) is 4. The van der Waals surface area contributed by atoms with E-state index in [0.29, 0.717) is 19.6 Å². The number of fused-ring (bicyclic) bond motifs is 1. The summed E-state index contributed by atoms with van der Waals surface area (Å²) in [4.78, 5) is 0. The van der Waals surface area contributed by atoms with E-state index in [1.165, 1.54) is 0 Å². The fraction of sp³-hybridized carbons (Fsp3) is 0.467. The monoisotopic (exact) mass is 262 g/mol. The van der Waals surface area contributed by atoms with Crippen molar-refractivity contribution in [1.29, 1.82) is 0 Å². The molecule has 19 heavy (non-hydrogen) atoms. The molecule has 4 unspecified atom stereocenters. The lowest BCUT2D eigenvalue weighted by Crippen LogP contribution is -2.61. The zero-order valence-corrected chi connectivity index (χ0v) is 10.7. The summed E-state index contributed by atoms with van der Waals surface area (Å²) in [7, 11) is 0. The number of benzene rings is 1. The third-order valence-electron chi connectivity index (χ3n) is 3.76. The lowest BCUT2D eigenvalue weighted by atomic mass is 9.88. The van der Waals surface area contributed by atoms with E-state index in [4.69, 9.17) is 14.2 Å². The molecule has 4 atom stereocenters. The minimum absolute atomic E-state index is 0.345. The second-order valence-corrected chi connectivity index (χ2v) is 4.97. The third-order valence-corrected chi connectivity index (χ3v) is 3.76. The van der Waals surface area contributed by atoms with Gasteiger partial charge in [-0.1, -0.05) is 36.4 Å². The second kappa shape index (κ2) is 5.06. The van der Waals surface area contributed by atoms with Gasteiger partial charge in [-0.15, -0.1) is 6.58 Å². The van der Waals surface area contributed by atoms with E-state index < -0.39 is 24.1 Å².